The summed E-state index contributed by atoms with van der Waals surface area (Å²) in [5.41, 5.74) is 2.87. The number of anilines is 1. The zero-order valence-corrected chi connectivity index (χ0v) is 18.0. The zero-order valence-electron chi connectivity index (χ0n) is 17.1. The van der Waals surface area contributed by atoms with Crippen molar-refractivity contribution >= 4 is 21.6 Å². The van der Waals surface area contributed by atoms with E-state index in [9.17, 15) is 13.2 Å². The van der Waals surface area contributed by atoms with Crippen LogP contribution in [0.2, 0.25) is 0 Å². The lowest BCUT2D eigenvalue weighted by Gasteiger charge is -2.29. The topological polar surface area (TPSA) is 75.7 Å². The number of hydrogen-bond donors (Lipinski definition) is 1. The van der Waals surface area contributed by atoms with Gasteiger partial charge in [0, 0.05) is 18.8 Å². The van der Waals surface area contributed by atoms with Gasteiger partial charge in [-0.2, -0.15) is 4.31 Å². The molecular formula is C22H28N2O4S. The van der Waals surface area contributed by atoms with E-state index >= 15 is 0 Å². The van der Waals surface area contributed by atoms with E-state index in [1.165, 1.54) is 12.1 Å². The summed E-state index contributed by atoms with van der Waals surface area (Å²) in [5.74, 6) is 0.744. The standard InChI is InChI=1S/C22H28N2O4S/c1-16-8-10-24(11-9-16)29(26,27)21-6-4-20(5-7-21)28-15-22(25)23-19-13-17(2)12-18(3)14-19/h4-7,12-14,16H,8-11,15H2,1-3H3,(H,23,25). The predicted molar refractivity (Wildman–Crippen MR) is 114 cm³/mol. The molecule has 7 heteroatoms. The number of hydrogen-bond acceptors (Lipinski definition) is 4. The van der Waals surface area contributed by atoms with Crippen LogP contribution in [0.3, 0.4) is 0 Å². The fourth-order valence-electron chi connectivity index (χ4n) is 3.47. The van der Waals surface area contributed by atoms with Crippen LogP contribution < -0.4 is 10.1 Å². The van der Waals surface area contributed by atoms with Gasteiger partial charge in [0.25, 0.3) is 5.91 Å². The maximum atomic E-state index is 12.8. The summed E-state index contributed by atoms with van der Waals surface area (Å²) in [4.78, 5) is 12.4. The number of benzene rings is 2. The van der Waals surface area contributed by atoms with Gasteiger partial charge in [-0.3, -0.25) is 4.79 Å². The Balaban J connectivity index is 1.57. The summed E-state index contributed by atoms with van der Waals surface area (Å²) in [5, 5.41) is 2.81. The molecule has 0 atom stereocenters. The summed E-state index contributed by atoms with van der Waals surface area (Å²) < 4.78 is 32.5. The zero-order chi connectivity index (χ0) is 21.0. The molecular weight excluding hydrogens is 388 g/mol. The summed E-state index contributed by atoms with van der Waals surface area (Å²) >= 11 is 0. The Hall–Kier alpha value is -2.38. The Morgan fingerprint density at radius 3 is 2.24 bits per heavy atom. The molecule has 1 saturated heterocycles. The van der Waals surface area contributed by atoms with Gasteiger partial charge >= 0.3 is 0 Å². The molecule has 1 aliphatic heterocycles. The number of sulfonamides is 1. The third-order valence-electron chi connectivity index (χ3n) is 5.08. The molecule has 0 aliphatic carbocycles. The molecule has 1 amide bonds. The molecule has 0 aromatic heterocycles. The minimum Gasteiger partial charge on any atom is -0.484 e. The van der Waals surface area contributed by atoms with Gasteiger partial charge in [0.2, 0.25) is 10.0 Å². The average molecular weight is 417 g/mol. The van der Waals surface area contributed by atoms with E-state index in [4.69, 9.17) is 4.74 Å². The number of nitrogens with zero attached hydrogens (tertiary/aromatic N) is 1. The normalized spacial score (nSPS) is 15.8. The molecule has 2 aromatic carbocycles. The summed E-state index contributed by atoms with van der Waals surface area (Å²) in [6.07, 6.45) is 1.77. The van der Waals surface area contributed by atoms with Gasteiger partial charge in [-0.15, -0.1) is 0 Å². The molecule has 29 heavy (non-hydrogen) atoms. The Labute approximate surface area is 172 Å². The SMILES string of the molecule is Cc1cc(C)cc(NC(=O)COc2ccc(S(=O)(=O)N3CCC(C)CC3)cc2)c1. The molecule has 1 aliphatic rings. The third-order valence-corrected chi connectivity index (χ3v) is 6.99. The Morgan fingerprint density at radius 2 is 1.66 bits per heavy atom. The minimum atomic E-state index is -3.48. The van der Waals surface area contributed by atoms with Crippen molar-refractivity contribution in [1.82, 2.24) is 4.31 Å². The van der Waals surface area contributed by atoms with Gasteiger partial charge in [0.15, 0.2) is 6.61 Å². The van der Waals surface area contributed by atoms with Crippen LogP contribution in [0.25, 0.3) is 0 Å². The number of amides is 1. The first kappa shape index (κ1) is 21.3. The summed E-state index contributed by atoms with van der Waals surface area (Å²) in [6, 6.07) is 12.1. The maximum absolute atomic E-state index is 12.8. The molecule has 0 bridgehead atoms. The van der Waals surface area contributed by atoms with Crippen LogP contribution in [0, 0.1) is 19.8 Å². The van der Waals surface area contributed by atoms with E-state index in [1.807, 2.05) is 32.0 Å². The molecule has 6 nitrogen and oxygen atoms in total. The average Bonchev–Trinajstić information content (AvgIpc) is 2.66. The number of piperidine rings is 1. The second-order valence-electron chi connectivity index (χ2n) is 7.77. The first-order valence-corrected chi connectivity index (χ1v) is 11.3. The van der Waals surface area contributed by atoms with E-state index in [-0.39, 0.29) is 17.4 Å². The predicted octanol–water partition coefficient (Wildman–Crippen LogP) is 3.74. The fourth-order valence-corrected chi connectivity index (χ4v) is 4.94. The molecule has 1 N–H and O–H groups in total. The lowest BCUT2D eigenvalue weighted by Crippen LogP contribution is -2.37. The van der Waals surface area contributed by atoms with Gasteiger partial charge < -0.3 is 10.1 Å². The maximum Gasteiger partial charge on any atom is 0.262 e. The number of aryl methyl sites for hydroxylation is 2. The molecule has 2 aromatic rings. The van der Waals surface area contributed by atoms with Gasteiger partial charge in [-0.1, -0.05) is 13.0 Å². The van der Waals surface area contributed by atoms with E-state index in [1.54, 1.807) is 16.4 Å². The van der Waals surface area contributed by atoms with Crippen LogP contribution in [0.15, 0.2) is 47.4 Å². The highest BCUT2D eigenvalue weighted by atomic mass is 32.2. The van der Waals surface area contributed by atoms with Crippen LogP contribution in [-0.2, 0) is 14.8 Å². The van der Waals surface area contributed by atoms with Crippen molar-refractivity contribution in [3.63, 3.8) is 0 Å². The largest absolute Gasteiger partial charge is 0.484 e. The lowest BCUT2D eigenvalue weighted by molar-refractivity contribution is -0.118. The van der Waals surface area contributed by atoms with Crippen molar-refractivity contribution in [2.45, 2.75) is 38.5 Å². The van der Waals surface area contributed by atoms with Crippen LogP contribution in [-0.4, -0.2) is 38.3 Å². The van der Waals surface area contributed by atoms with Crippen molar-refractivity contribution in [3.8, 4) is 5.75 Å². The van der Waals surface area contributed by atoms with Crippen molar-refractivity contribution in [3.05, 3.63) is 53.6 Å². The van der Waals surface area contributed by atoms with Crippen LogP contribution in [0.4, 0.5) is 5.69 Å². The van der Waals surface area contributed by atoms with Gasteiger partial charge in [0.1, 0.15) is 5.75 Å². The molecule has 3 rings (SSSR count). The molecule has 0 unspecified atom stereocenters. The molecule has 0 saturated carbocycles. The molecule has 1 fully saturated rings. The van der Waals surface area contributed by atoms with Gasteiger partial charge in [-0.05, 0) is 80.1 Å². The number of carbonyl (C=O) groups excluding carboxylic acids is 1. The number of ether oxygens (including phenoxy) is 1. The first-order valence-electron chi connectivity index (χ1n) is 9.85. The van der Waals surface area contributed by atoms with E-state index in [0.717, 1.165) is 29.7 Å². The smallest absolute Gasteiger partial charge is 0.262 e. The van der Waals surface area contributed by atoms with Crippen LogP contribution >= 0.6 is 0 Å². The Kier molecular flexibility index (Phi) is 6.59. The summed E-state index contributed by atoms with van der Waals surface area (Å²) in [7, 11) is -3.48. The van der Waals surface area contributed by atoms with Crippen LogP contribution in [0.1, 0.15) is 30.9 Å². The van der Waals surface area contributed by atoms with Crippen molar-refractivity contribution in [2.75, 3.05) is 25.0 Å². The molecule has 0 spiro atoms. The van der Waals surface area contributed by atoms with Gasteiger partial charge in [-0.25, -0.2) is 8.42 Å². The quantitative estimate of drug-likeness (QED) is 0.778. The van der Waals surface area contributed by atoms with E-state index in [0.29, 0.717) is 24.8 Å². The fraction of sp³-hybridized carbons (Fsp3) is 0.409. The Bertz CT molecular complexity index is 943. The van der Waals surface area contributed by atoms with Crippen molar-refractivity contribution in [2.24, 2.45) is 5.92 Å². The number of nitrogens with one attached hydrogen (secondary N) is 1. The van der Waals surface area contributed by atoms with Crippen molar-refractivity contribution < 1.29 is 17.9 Å². The molecule has 0 radical (unpaired) electrons. The first-order chi connectivity index (χ1) is 13.7. The lowest BCUT2D eigenvalue weighted by atomic mass is 10.0. The second-order valence-corrected chi connectivity index (χ2v) is 9.71. The van der Waals surface area contributed by atoms with Gasteiger partial charge in [0.05, 0.1) is 4.90 Å². The second kappa shape index (κ2) is 8.97. The third kappa shape index (κ3) is 5.58. The molecule has 156 valence electrons. The van der Waals surface area contributed by atoms with Crippen LogP contribution in [0.5, 0.6) is 5.75 Å². The van der Waals surface area contributed by atoms with E-state index in [2.05, 4.69) is 12.2 Å². The number of carbonyl (C=O) groups is 1. The van der Waals surface area contributed by atoms with Crippen molar-refractivity contribution in [1.29, 1.82) is 0 Å². The van der Waals surface area contributed by atoms with E-state index < -0.39 is 10.0 Å². The highest BCUT2D eigenvalue weighted by Crippen LogP contribution is 2.24. The molecule has 1 heterocycles. The monoisotopic (exact) mass is 416 g/mol. The minimum absolute atomic E-state index is 0.150. The summed E-state index contributed by atoms with van der Waals surface area (Å²) in [6.45, 7) is 7.05. The highest BCUT2D eigenvalue weighted by Gasteiger charge is 2.27. The highest BCUT2D eigenvalue weighted by molar-refractivity contribution is 7.89. The number of rotatable bonds is 6. The Morgan fingerprint density at radius 1 is 1.07 bits per heavy atom.